The molecule has 4 N–H and O–H groups in total. The van der Waals surface area contributed by atoms with Crippen molar-refractivity contribution in [2.24, 2.45) is 10.8 Å². The number of aryl methyl sites for hydroxylation is 1. The maximum absolute atomic E-state index is 14.1. The van der Waals surface area contributed by atoms with E-state index in [1.807, 2.05) is 19.1 Å². The monoisotopic (exact) mass is 523 g/mol. The summed E-state index contributed by atoms with van der Waals surface area (Å²) >= 11 is 0. The minimum atomic E-state index is -1.78. The topological polar surface area (TPSA) is 108 Å². The first-order chi connectivity index (χ1) is 18.3. The largest absolute Gasteiger partial charge is 0.447 e. The molecule has 0 saturated heterocycles. The third kappa shape index (κ3) is 6.13. The molecule has 1 aliphatic rings. The van der Waals surface area contributed by atoms with Crippen molar-refractivity contribution in [3.8, 4) is 0 Å². The van der Waals surface area contributed by atoms with Crippen LogP contribution in [0.25, 0.3) is 0 Å². The number of nitrogens with one attached hydrogen (secondary N) is 2. The third-order valence-corrected chi connectivity index (χ3v) is 5.98. The maximum atomic E-state index is 14.1. The predicted molar refractivity (Wildman–Crippen MR) is 140 cm³/mol. The summed E-state index contributed by atoms with van der Waals surface area (Å²) in [6.07, 6.45) is 3.15. The first kappa shape index (κ1) is 27.1. The first-order valence-corrected chi connectivity index (χ1v) is 12.4. The summed E-state index contributed by atoms with van der Waals surface area (Å²) in [5, 5.41) is 9.91. The summed E-state index contributed by atoms with van der Waals surface area (Å²) in [5.41, 5.74) is 10.6. The summed E-state index contributed by atoms with van der Waals surface area (Å²) < 4.78 is 33.8. The highest BCUT2D eigenvalue weighted by Crippen LogP contribution is 2.29. The third-order valence-electron chi connectivity index (χ3n) is 5.98. The molecule has 11 heteroatoms. The second kappa shape index (κ2) is 12.1. The zero-order valence-electron chi connectivity index (χ0n) is 21.3. The number of esters is 1. The van der Waals surface area contributed by atoms with E-state index in [4.69, 9.17) is 10.5 Å². The summed E-state index contributed by atoms with van der Waals surface area (Å²) in [5.74, 6) is -2.12. The number of amidine groups is 1. The number of rotatable bonds is 11. The summed E-state index contributed by atoms with van der Waals surface area (Å²) in [4.78, 5) is 17.7. The Morgan fingerprint density at radius 2 is 1.84 bits per heavy atom. The molecule has 4 rings (SSSR count). The molecule has 0 aliphatic carbocycles. The molecule has 2 heterocycles. The van der Waals surface area contributed by atoms with Gasteiger partial charge >= 0.3 is 5.97 Å². The molecule has 3 aromatic rings. The number of hydrogen-bond donors (Lipinski definition) is 3. The van der Waals surface area contributed by atoms with Crippen LogP contribution in [-0.2, 0) is 22.5 Å². The molecule has 0 radical (unpaired) electrons. The van der Waals surface area contributed by atoms with E-state index in [1.54, 1.807) is 24.4 Å². The molecular weight excluding hydrogens is 492 g/mol. The zero-order chi connectivity index (χ0) is 27.1. The van der Waals surface area contributed by atoms with E-state index < -0.39 is 23.3 Å². The van der Waals surface area contributed by atoms with Crippen LogP contribution < -0.4 is 21.6 Å². The van der Waals surface area contributed by atoms with Crippen molar-refractivity contribution in [3.05, 3.63) is 95.3 Å². The number of carbonyl (C=O) groups is 1. The van der Waals surface area contributed by atoms with Crippen LogP contribution in [-0.4, -0.2) is 34.3 Å². The molecule has 0 amide bonds. The lowest BCUT2D eigenvalue weighted by molar-refractivity contribution is -0.162. The summed E-state index contributed by atoms with van der Waals surface area (Å²) in [6.45, 7) is 4.35. The Labute approximate surface area is 220 Å². The van der Waals surface area contributed by atoms with Crippen molar-refractivity contribution in [1.82, 2.24) is 20.8 Å². The molecule has 0 saturated carbocycles. The van der Waals surface area contributed by atoms with Crippen molar-refractivity contribution >= 4 is 17.5 Å². The van der Waals surface area contributed by atoms with Gasteiger partial charge in [-0.3, -0.25) is 15.7 Å². The molecule has 1 unspecified atom stereocenters. The maximum Gasteiger partial charge on any atom is 0.346 e. The van der Waals surface area contributed by atoms with E-state index in [2.05, 4.69) is 39.9 Å². The summed E-state index contributed by atoms with van der Waals surface area (Å²) in [7, 11) is 0. The van der Waals surface area contributed by atoms with Gasteiger partial charge < -0.3 is 10.5 Å². The number of aromatic nitrogens is 1. The van der Waals surface area contributed by atoms with Gasteiger partial charge in [-0.25, -0.2) is 13.6 Å². The Bertz CT molecular complexity index is 1270. The fraction of sp³-hybridized carbons (Fsp3) is 0.296. The lowest BCUT2D eigenvalue weighted by Crippen LogP contribution is -2.69. The molecular formula is C27H31F2N7O2. The number of hydrazine groups is 2. The first-order valence-electron chi connectivity index (χ1n) is 12.4. The number of nitrogens with zero attached hydrogens (tertiary/aromatic N) is 4. The van der Waals surface area contributed by atoms with Gasteiger partial charge in [0.15, 0.2) is 5.84 Å². The minimum Gasteiger partial charge on any atom is -0.447 e. The van der Waals surface area contributed by atoms with Crippen molar-refractivity contribution in [2.45, 2.75) is 45.3 Å². The molecule has 9 nitrogen and oxygen atoms in total. The quantitative estimate of drug-likeness (QED) is 0.199. The van der Waals surface area contributed by atoms with Gasteiger partial charge in [0.25, 0.3) is 0 Å². The van der Waals surface area contributed by atoms with E-state index in [1.165, 1.54) is 10.7 Å². The smallest absolute Gasteiger partial charge is 0.346 e. The van der Waals surface area contributed by atoms with E-state index in [-0.39, 0.29) is 24.7 Å². The number of halogens is 2. The molecule has 2 aromatic carbocycles. The second-order valence-electron chi connectivity index (χ2n) is 8.85. The van der Waals surface area contributed by atoms with Crippen LogP contribution in [0.5, 0.6) is 0 Å². The molecule has 38 heavy (non-hydrogen) atoms. The Morgan fingerprint density at radius 1 is 1.08 bits per heavy atom. The number of ether oxygens (including phenoxy) is 1. The van der Waals surface area contributed by atoms with E-state index in [0.29, 0.717) is 18.7 Å². The number of pyridine rings is 1. The number of carbonyl (C=O) groups excluding carboxylic acids is 1. The Morgan fingerprint density at radius 3 is 2.53 bits per heavy atom. The minimum absolute atomic E-state index is 0.0218. The van der Waals surface area contributed by atoms with Crippen LogP contribution in [0.1, 0.15) is 43.5 Å². The number of nitrogens with two attached hydrogens (primary N) is 1. The van der Waals surface area contributed by atoms with Gasteiger partial charge in [0, 0.05) is 30.9 Å². The van der Waals surface area contributed by atoms with E-state index in [0.717, 1.165) is 35.3 Å². The van der Waals surface area contributed by atoms with Gasteiger partial charge in [0.05, 0.1) is 5.69 Å². The summed E-state index contributed by atoms with van der Waals surface area (Å²) in [6, 6.07) is 16.2. The fourth-order valence-corrected chi connectivity index (χ4v) is 4.09. The average molecular weight is 524 g/mol. The highest BCUT2D eigenvalue weighted by atomic mass is 19.1. The van der Waals surface area contributed by atoms with Crippen LogP contribution in [0.15, 0.2) is 72.0 Å². The molecule has 0 fully saturated rings. The van der Waals surface area contributed by atoms with Gasteiger partial charge in [-0.2, -0.15) is 5.12 Å². The van der Waals surface area contributed by atoms with Crippen LogP contribution in [0.4, 0.5) is 14.5 Å². The number of benzene rings is 2. The standard InChI is InChI=1S/C27H31F2N7O2/c1-3-11-27(30,26(37)38-18-31-17-20-9-7-8-19(4-2)13-20)36-34-25(24-10-5-6-12-32-24)33-35(36)23-15-21(28)14-22(29)16-23/h5-10,12-16,31H,3-4,11,17-18,30H2,1-2H3,(H,33,34). The van der Waals surface area contributed by atoms with Gasteiger partial charge in [-0.15, -0.1) is 5.10 Å². The molecule has 1 aromatic heterocycles. The Balaban J connectivity index is 1.55. The average Bonchev–Trinajstić information content (AvgIpc) is 3.38. The lowest BCUT2D eigenvalue weighted by Gasteiger charge is -2.39. The van der Waals surface area contributed by atoms with Crippen LogP contribution in [0.2, 0.25) is 0 Å². The van der Waals surface area contributed by atoms with Crippen molar-refractivity contribution in [1.29, 1.82) is 0 Å². The van der Waals surface area contributed by atoms with Crippen LogP contribution in [0, 0.1) is 11.6 Å². The number of anilines is 1. The second-order valence-corrected chi connectivity index (χ2v) is 8.85. The SMILES string of the molecule is CCCC(N)(C(=O)OCNCc1cccc(CC)c1)N1NC(c2ccccn2)=NN1c1cc(F)cc(F)c1. The fourth-order valence-electron chi connectivity index (χ4n) is 4.09. The van der Waals surface area contributed by atoms with E-state index in [9.17, 15) is 13.6 Å². The van der Waals surface area contributed by atoms with Crippen molar-refractivity contribution < 1.29 is 18.3 Å². The van der Waals surface area contributed by atoms with Gasteiger partial charge in [0.1, 0.15) is 24.1 Å². The normalized spacial score (nSPS) is 15.1. The molecule has 0 spiro atoms. The van der Waals surface area contributed by atoms with Crippen LogP contribution in [0.3, 0.4) is 0 Å². The molecule has 1 atom stereocenters. The lowest BCUT2D eigenvalue weighted by atomic mass is 10.1. The number of hydrogen-bond acceptors (Lipinski definition) is 9. The van der Waals surface area contributed by atoms with E-state index >= 15 is 0 Å². The van der Waals surface area contributed by atoms with Crippen molar-refractivity contribution in [2.75, 3.05) is 11.8 Å². The highest BCUT2D eigenvalue weighted by Gasteiger charge is 2.48. The van der Waals surface area contributed by atoms with Crippen molar-refractivity contribution in [3.63, 3.8) is 0 Å². The van der Waals surface area contributed by atoms with Gasteiger partial charge in [-0.1, -0.05) is 55.7 Å². The van der Waals surface area contributed by atoms with Gasteiger partial charge in [-0.05, 0) is 36.1 Å². The van der Waals surface area contributed by atoms with Crippen LogP contribution >= 0.6 is 0 Å². The predicted octanol–water partition coefficient (Wildman–Crippen LogP) is 3.57. The number of hydrazone groups is 1. The molecule has 200 valence electrons. The Kier molecular flexibility index (Phi) is 8.62. The zero-order valence-corrected chi connectivity index (χ0v) is 21.3. The highest BCUT2D eigenvalue weighted by molar-refractivity contribution is 5.99. The van der Waals surface area contributed by atoms with Gasteiger partial charge in [0.2, 0.25) is 5.66 Å². The molecule has 0 bridgehead atoms. The Hall–Kier alpha value is -3.93. The molecule has 1 aliphatic heterocycles.